The third-order valence-corrected chi connectivity index (χ3v) is 4.66. The van der Waals surface area contributed by atoms with Crippen LogP contribution in [0.3, 0.4) is 0 Å². The highest BCUT2D eigenvalue weighted by Crippen LogP contribution is 2.43. The quantitative estimate of drug-likeness (QED) is 0.221. The molecule has 0 unspecified atom stereocenters. The molecule has 0 radical (unpaired) electrons. The molecule has 0 aliphatic carbocycles. The number of carbonyl (C=O) groups is 1. The summed E-state index contributed by atoms with van der Waals surface area (Å²) in [4.78, 5) is 12.5. The zero-order valence-corrected chi connectivity index (χ0v) is 18.3. The van der Waals surface area contributed by atoms with Crippen LogP contribution < -0.4 is 14.8 Å². The van der Waals surface area contributed by atoms with Gasteiger partial charge in [0.15, 0.2) is 11.5 Å². The van der Waals surface area contributed by atoms with Gasteiger partial charge in [0.1, 0.15) is 11.6 Å². The summed E-state index contributed by atoms with van der Waals surface area (Å²) >= 11 is 0. The highest BCUT2D eigenvalue weighted by molar-refractivity contribution is 6.00. The third-order valence-electron chi connectivity index (χ3n) is 4.66. The minimum atomic E-state index is -5.10. The minimum absolute atomic E-state index is 0.00784. The maximum Gasteiger partial charge on any atom is 0.420 e. The van der Waals surface area contributed by atoms with Crippen molar-refractivity contribution < 1.29 is 40.6 Å². The molecule has 0 fully saturated rings. The number of alkyl halides is 6. The number of rotatable bonds is 8. The van der Waals surface area contributed by atoms with E-state index in [2.05, 4.69) is 5.32 Å². The normalized spacial score (nSPS) is 12.2. The molecule has 0 aliphatic rings. The number of hydrogen-bond donors (Lipinski definition) is 2. The standard InChI is InChI=1S/C22H21F6N3O3/c1-4-31(2)20(29)16(30-12-32)9-13-5-7-18(19(10-13)33-3)34-17-8-6-14(21(23,24)25)11-15(17)22(26,27)28/h5-12,29H,4H2,1-3H3,(H,30,32)/b16-9-,29-20?. The number of methoxy groups -OCH3 is 1. The van der Waals surface area contributed by atoms with Gasteiger partial charge in [0.05, 0.1) is 23.9 Å². The predicted molar refractivity (Wildman–Crippen MR) is 113 cm³/mol. The van der Waals surface area contributed by atoms with Crippen LogP contribution in [0, 0.1) is 5.41 Å². The number of halogens is 6. The average Bonchev–Trinajstić information content (AvgIpc) is 2.77. The molecule has 0 saturated carbocycles. The van der Waals surface area contributed by atoms with Gasteiger partial charge in [-0.25, -0.2) is 0 Å². The number of amidine groups is 1. The highest BCUT2D eigenvalue weighted by Gasteiger charge is 2.39. The van der Waals surface area contributed by atoms with E-state index in [1.165, 1.54) is 31.4 Å². The first-order valence-corrected chi connectivity index (χ1v) is 9.68. The fourth-order valence-electron chi connectivity index (χ4n) is 2.77. The van der Waals surface area contributed by atoms with Crippen LogP contribution in [-0.4, -0.2) is 37.8 Å². The van der Waals surface area contributed by atoms with Crippen LogP contribution in [0.25, 0.3) is 6.08 Å². The molecule has 2 N–H and O–H groups in total. The second-order valence-electron chi connectivity index (χ2n) is 6.90. The van der Waals surface area contributed by atoms with Crippen LogP contribution >= 0.6 is 0 Å². The van der Waals surface area contributed by atoms with Crippen molar-refractivity contribution in [2.45, 2.75) is 19.3 Å². The van der Waals surface area contributed by atoms with Crippen LogP contribution in [0.15, 0.2) is 42.1 Å². The number of benzene rings is 2. The molecule has 2 aromatic rings. The number of nitrogens with zero attached hydrogens (tertiary/aromatic N) is 1. The fraction of sp³-hybridized carbons (Fsp3) is 0.273. The third kappa shape index (κ3) is 6.42. The number of hydrogen-bond acceptors (Lipinski definition) is 4. The summed E-state index contributed by atoms with van der Waals surface area (Å²) < 4.78 is 89.3. The van der Waals surface area contributed by atoms with Crippen molar-refractivity contribution in [2.75, 3.05) is 20.7 Å². The molecule has 0 atom stereocenters. The average molecular weight is 489 g/mol. The molecule has 1 amide bonds. The van der Waals surface area contributed by atoms with Crippen molar-refractivity contribution in [1.82, 2.24) is 10.2 Å². The summed E-state index contributed by atoms with van der Waals surface area (Å²) in [6, 6.07) is 5.11. The van der Waals surface area contributed by atoms with E-state index >= 15 is 0 Å². The molecule has 0 saturated heterocycles. The van der Waals surface area contributed by atoms with Gasteiger partial charge in [-0.05, 0) is 48.9 Å². The van der Waals surface area contributed by atoms with Gasteiger partial charge < -0.3 is 19.7 Å². The molecule has 184 valence electrons. The summed E-state index contributed by atoms with van der Waals surface area (Å²) in [6.07, 6.45) is -8.24. The van der Waals surface area contributed by atoms with Gasteiger partial charge in [0.25, 0.3) is 0 Å². The SMILES string of the molecule is CCN(C)C(=N)/C(=C/c1ccc(Oc2ccc(C(F)(F)F)cc2C(F)(F)F)c(OC)c1)NC=O. The van der Waals surface area contributed by atoms with E-state index in [9.17, 15) is 31.1 Å². The second-order valence-corrected chi connectivity index (χ2v) is 6.90. The van der Waals surface area contributed by atoms with Gasteiger partial charge in [0.2, 0.25) is 6.41 Å². The van der Waals surface area contributed by atoms with Gasteiger partial charge in [-0.2, -0.15) is 26.3 Å². The smallest absolute Gasteiger partial charge is 0.420 e. The molecule has 6 nitrogen and oxygen atoms in total. The maximum atomic E-state index is 13.4. The van der Waals surface area contributed by atoms with Crippen LogP contribution in [0.1, 0.15) is 23.6 Å². The topological polar surface area (TPSA) is 74.7 Å². The second kappa shape index (κ2) is 10.5. The maximum absolute atomic E-state index is 13.4. The Morgan fingerprint density at radius 1 is 1.03 bits per heavy atom. The predicted octanol–water partition coefficient (Wildman–Crippen LogP) is 5.54. The van der Waals surface area contributed by atoms with Gasteiger partial charge in [-0.1, -0.05) is 6.07 Å². The lowest BCUT2D eigenvalue weighted by atomic mass is 10.1. The van der Waals surface area contributed by atoms with Gasteiger partial charge in [-0.15, -0.1) is 0 Å². The molecule has 0 aliphatic heterocycles. The Kier molecular flexibility index (Phi) is 8.19. The first-order chi connectivity index (χ1) is 15.8. The van der Waals surface area contributed by atoms with Gasteiger partial charge in [-0.3, -0.25) is 10.2 Å². The van der Waals surface area contributed by atoms with E-state index in [1.54, 1.807) is 18.9 Å². The zero-order chi connectivity index (χ0) is 25.7. The lowest BCUT2D eigenvalue weighted by Crippen LogP contribution is -2.32. The summed E-state index contributed by atoms with van der Waals surface area (Å²) in [5, 5.41) is 10.5. The molecule has 0 aromatic heterocycles. The summed E-state index contributed by atoms with van der Waals surface area (Å²) in [6.45, 7) is 2.29. The summed E-state index contributed by atoms with van der Waals surface area (Å²) in [5.41, 5.74) is -2.50. The van der Waals surface area contributed by atoms with Crippen molar-refractivity contribution in [3.63, 3.8) is 0 Å². The number of nitrogens with one attached hydrogen (secondary N) is 2. The van der Waals surface area contributed by atoms with Crippen molar-refractivity contribution >= 4 is 18.3 Å². The molecule has 12 heteroatoms. The number of likely N-dealkylation sites (N-methyl/N-ethyl adjacent to an activating group) is 1. The largest absolute Gasteiger partial charge is 0.493 e. The van der Waals surface area contributed by atoms with Crippen molar-refractivity contribution in [3.05, 3.63) is 58.8 Å². The Labute approximate surface area is 191 Å². The monoisotopic (exact) mass is 489 g/mol. The molecule has 2 rings (SSSR count). The van der Waals surface area contributed by atoms with E-state index in [0.717, 1.165) is 0 Å². The number of amides is 1. The molecular weight excluding hydrogens is 468 g/mol. The van der Waals surface area contributed by atoms with Crippen molar-refractivity contribution in [1.29, 1.82) is 5.41 Å². The molecule has 0 spiro atoms. The molecule has 34 heavy (non-hydrogen) atoms. The Morgan fingerprint density at radius 3 is 2.21 bits per heavy atom. The van der Waals surface area contributed by atoms with Crippen LogP contribution in [0.4, 0.5) is 26.3 Å². The first-order valence-electron chi connectivity index (χ1n) is 9.68. The Balaban J connectivity index is 2.48. The lowest BCUT2D eigenvalue weighted by molar-refractivity contribution is -0.143. The van der Waals surface area contributed by atoms with Gasteiger partial charge >= 0.3 is 12.4 Å². The van der Waals surface area contributed by atoms with E-state index in [0.29, 0.717) is 30.7 Å². The molecule has 2 aromatic carbocycles. The Hall–Kier alpha value is -3.70. The highest BCUT2D eigenvalue weighted by atomic mass is 19.4. The molecular formula is C22H21F6N3O3. The number of ether oxygens (including phenoxy) is 2. The van der Waals surface area contributed by atoms with E-state index in [4.69, 9.17) is 14.9 Å². The van der Waals surface area contributed by atoms with Crippen molar-refractivity contribution in [2.24, 2.45) is 0 Å². The molecule has 0 bridgehead atoms. The molecule has 0 heterocycles. The van der Waals surface area contributed by atoms with Crippen LogP contribution in [0.2, 0.25) is 0 Å². The fourth-order valence-corrected chi connectivity index (χ4v) is 2.77. The minimum Gasteiger partial charge on any atom is -0.493 e. The van der Waals surface area contributed by atoms with Gasteiger partial charge in [0, 0.05) is 13.6 Å². The first kappa shape index (κ1) is 26.6. The van der Waals surface area contributed by atoms with Crippen molar-refractivity contribution in [3.8, 4) is 17.2 Å². The Morgan fingerprint density at radius 2 is 1.68 bits per heavy atom. The zero-order valence-electron chi connectivity index (χ0n) is 18.3. The van der Waals surface area contributed by atoms with Crippen LogP contribution in [-0.2, 0) is 17.1 Å². The lowest BCUT2D eigenvalue weighted by Gasteiger charge is -2.20. The van der Waals surface area contributed by atoms with E-state index < -0.39 is 29.2 Å². The summed E-state index contributed by atoms with van der Waals surface area (Å²) in [7, 11) is 2.87. The van der Waals surface area contributed by atoms with E-state index in [-0.39, 0.29) is 29.1 Å². The van der Waals surface area contributed by atoms with Crippen LogP contribution in [0.5, 0.6) is 17.2 Å². The Bertz CT molecular complexity index is 1080. The number of carbonyl (C=O) groups excluding carboxylic acids is 1. The van der Waals surface area contributed by atoms with E-state index in [1.807, 2.05) is 0 Å². The summed E-state index contributed by atoms with van der Waals surface area (Å²) in [5.74, 6) is -1.04.